The van der Waals surface area contributed by atoms with Crippen LogP contribution in [-0.2, 0) is 4.74 Å². The van der Waals surface area contributed by atoms with Gasteiger partial charge in [-0.15, -0.1) is 0 Å². The number of hydrogen-bond donors (Lipinski definition) is 1. The van der Waals surface area contributed by atoms with Crippen molar-refractivity contribution in [2.45, 2.75) is 70.3 Å². The van der Waals surface area contributed by atoms with Crippen molar-refractivity contribution in [1.82, 2.24) is 0 Å². The summed E-state index contributed by atoms with van der Waals surface area (Å²) >= 11 is 0. The van der Waals surface area contributed by atoms with Gasteiger partial charge in [-0.25, -0.2) is 0 Å². The molecule has 156 valence electrons. The van der Waals surface area contributed by atoms with Crippen LogP contribution in [0.1, 0.15) is 64.7 Å². The Bertz CT molecular complexity index is 825. The molecule has 0 bridgehead atoms. The van der Waals surface area contributed by atoms with Gasteiger partial charge in [0.1, 0.15) is 0 Å². The van der Waals surface area contributed by atoms with E-state index in [0.717, 1.165) is 66.1 Å². The number of rotatable bonds is 2. The molecule has 1 N–H and O–H groups in total. The molecule has 1 aliphatic heterocycles. The second-order valence-corrected chi connectivity index (χ2v) is 11.5. The summed E-state index contributed by atoms with van der Waals surface area (Å²) in [5, 5.41) is 13.0. The minimum Gasteiger partial charge on any atom is -0.411 e. The van der Waals surface area contributed by atoms with Crippen LogP contribution in [0.15, 0.2) is 29.0 Å². The number of ether oxygens (including phenoxy) is 1. The fourth-order valence-corrected chi connectivity index (χ4v) is 9.86. The molecule has 7 aliphatic rings. The first-order valence-corrected chi connectivity index (χ1v) is 12.5. The van der Waals surface area contributed by atoms with E-state index in [2.05, 4.69) is 30.3 Å². The van der Waals surface area contributed by atoms with E-state index >= 15 is 0 Å². The lowest BCUT2D eigenvalue weighted by atomic mass is 9.45. The molecule has 0 aromatic carbocycles. The summed E-state index contributed by atoms with van der Waals surface area (Å²) in [4.78, 5) is 0. The van der Waals surface area contributed by atoms with E-state index in [1.165, 1.54) is 51.4 Å². The van der Waals surface area contributed by atoms with Crippen LogP contribution in [0, 0.1) is 52.8 Å². The van der Waals surface area contributed by atoms with Crippen LogP contribution in [0.5, 0.6) is 0 Å². The lowest BCUT2D eigenvalue weighted by molar-refractivity contribution is -0.153. The van der Waals surface area contributed by atoms with Gasteiger partial charge in [0.25, 0.3) is 0 Å². The molecule has 0 saturated heterocycles. The van der Waals surface area contributed by atoms with E-state index in [-0.39, 0.29) is 5.60 Å². The van der Waals surface area contributed by atoms with Crippen molar-refractivity contribution in [3.8, 4) is 0 Å². The SMILES string of the molecule is CC[C@]12CCC3C(C(C4CC4)CC4=C/C(=N/O)CC[C@@H]43)C1C1CC1[C@@]21C=CCO1. The highest BCUT2D eigenvalue weighted by Crippen LogP contribution is 2.79. The molecule has 3 heteroatoms. The van der Waals surface area contributed by atoms with Crippen LogP contribution < -0.4 is 0 Å². The van der Waals surface area contributed by atoms with Crippen LogP contribution in [0.3, 0.4) is 0 Å². The van der Waals surface area contributed by atoms with Crippen LogP contribution in [-0.4, -0.2) is 23.1 Å². The first kappa shape index (κ1) is 17.6. The maximum absolute atomic E-state index is 9.37. The van der Waals surface area contributed by atoms with E-state index in [1.54, 1.807) is 5.57 Å². The van der Waals surface area contributed by atoms with Gasteiger partial charge in [-0.1, -0.05) is 29.8 Å². The monoisotopic (exact) mass is 393 g/mol. The van der Waals surface area contributed by atoms with Crippen molar-refractivity contribution in [1.29, 1.82) is 0 Å². The van der Waals surface area contributed by atoms with Crippen molar-refractivity contribution in [3.05, 3.63) is 23.8 Å². The van der Waals surface area contributed by atoms with Gasteiger partial charge in [0.15, 0.2) is 0 Å². The van der Waals surface area contributed by atoms with Crippen molar-refractivity contribution >= 4 is 5.71 Å². The van der Waals surface area contributed by atoms with Gasteiger partial charge >= 0.3 is 0 Å². The summed E-state index contributed by atoms with van der Waals surface area (Å²) in [6, 6.07) is 0. The molecule has 1 heterocycles. The molecule has 29 heavy (non-hydrogen) atoms. The average molecular weight is 394 g/mol. The summed E-state index contributed by atoms with van der Waals surface area (Å²) in [7, 11) is 0. The molecule has 0 aromatic heterocycles. The second-order valence-electron chi connectivity index (χ2n) is 11.5. The Labute approximate surface area is 174 Å². The third-order valence-corrected chi connectivity index (χ3v) is 10.9. The molecular formula is C26H35NO2. The standard InChI is InChI=1S/C26H35NO2/c1-2-25-10-8-19-18-7-6-17(27-28)12-16(18)13-20(15-4-5-15)23(19)24(25)21-14-22(21)26(25)9-3-11-29-26/h3,9,12,15,18-24,28H,2,4-8,10-11,13-14H2,1H3/b27-17+/t18-,19?,20?,21?,22?,23?,24?,25-,26-/m0/s1. The normalized spacial score (nSPS) is 56.0. The molecule has 0 radical (unpaired) electrons. The Kier molecular flexibility index (Phi) is 3.50. The quantitative estimate of drug-likeness (QED) is 0.377. The van der Waals surface area contributed by atoms with Crippen molar-refractivity contribution in [2.24, 2.45) is 57.9 Å². The largest absolute Gasteiger partial charge is 0.411 e. The summed E-state index contributed by atoms with van der Waals surface area (Å²) in [5.41, 5.74) is 3.04. The number of hydrogen-bond acceptors (Lipinski definition) is 3. The maximum atomic E-state index is 9.37. The van der Waals surface area contributed by atoms with Crippen LogP contribution >= 0.6 is 0 Å². The zero-order valence-electron chi connectivity index (χ0n) is 17.7. The second kappa shape index (κ2) is 5.78. The van der Waals surface area contributed by atoms with E-state index in [1.807, 2.05) is 0 Å². The highest BCUT2D eigenvalue weighted by atomic mass is 16.5. The predicted octanol–water partition coefficient (Wildman–Crippen LogP) is 5.60. The third kappa shape index (κ3) is 2.07. The Morgan fingerprint density at radius 3 is 2.79 bits per heavy atom. The third-order valence-electron chi connectivity index (χ3n) is 10.9. The first-order chi connectivity index (χ1) is 14.2. The fourth-order valence-electron chi connectivity index (χ4n) is 9.86. The van der Waals surface area contributed by atoms with E-state index in [9.17, 15) is 5.21 Å². The molecule has 1 spiro atoms. The van der Waals surface area contributed by atoms with Crippen LogP contribution in [0.2, 0.25) is 0 Å². The zero-order chi connectivity index (χ0) is 19.4. The Hall–Kier alpha value is -1.09. The molecule has 5 saturated carbocycles. The molecule has 5 fully saturated rings. The molecule has 3 nitrogen and oxygen atoms in total. The summed E-state index contributed by atoms with van der Waals surface area (Å²) in [6.45, 7) is 3.32. The average Bonchev–Trinajstić information content (AvgIpc) is 3.69. The van der Waals surface area contributed by atoms with Gasteiger partial charge in [-0.3, -0.25) is 0 Å². The van der Waals surface area contributed by atoms with Gasteiger partial charge < -0.3 is 9.94 Å². The fraction of sp³-hybridized carbons (Fsp3) is 0.808. The summed E-state index contributed by atoms with van der Waals surface area (Å²) in [5.74, 6) is 6.99. The lowest BCUT2D eigenvalue weighted by Crippen LogP contribution is -2.57. The molecule has 0 aromatic rings. The molecule has 9 atom stereocenters. The van der Waals surface area contributed by atoms with Gasteiger partial charge in [0, 0.05) is 5.41 Å². The molecule has 6 aliphatic carbocycles. The number of nitrogens with zero attached hydrogens (tertiary/aromatic N) is 1. The van der Waals surface area contributed by atoms with Gasteiger partial charge in [0.05, 0.1) is 17.9 Å². The van der Waals surface area contributed by atoms with E-state index in [4.69, 9.17) is 4.74 Å². The van der Waals surface area contributed by atoms with Gasteiger partial charge in [0.2, 0.25) is 0 Å². The maximum Gasteiger partial charge on any atom is 0.0957 e. The Balaban J connectivity index is 1.33. The highest BCUT2D eigenvalue weighted by molar-refractivity contribution is 5.96. The van der Waals surface area contributed by atoms with Crippen molar-refractivity contribution in [2.75, 3.05) is 6.61 Å². The minimum absolute atomic E-state index is 0.0789. The van der Waals surface area contributed by atoms with E-state index < -0.39 is 0 Å². The Morgan fingerprint density at radius 1 is 1.17 bits per heavy atom. The van der Waals surface area contributed by atoms with Gasteiger partial charge in [-0.05, 0) is 111 Å². The number of oxime groups is 1. The summed E-state index contributed by atoms with van der Waals surface area (Å²) in [6.07, 6.45) is 19.0. The zero-order valence-corrected chi connectivity index (χ0v) is 17.7. The predicted molar refractivity (Wildman–Crippen MR) is 113 cm³/mol. The van der Waals surface area contributed by atoms with E-state index in [0.29, 0.717) is 5.41 Å². The summed E-state index contributed by atoms with van der Waals surface area (Å²) < 4.78 is 6.68. The molecular weight excluding hydrogens is 358 g/mol. The molecule has 6 unspecified atom stereocenters. The first-order valence-electron chi connectivity index (χ1n) is 12.5. The highest BCUT2D eigenvalue weighted by Gasteiger charge is 2.78. The lowest BCUT2D eigenvalue weighted by Gasteiger charge is -2.60. The minimum atomic E-state index is 0.0789. The van der Waals surface area contributed by atoms with Crippen LogP contribution in [0.25, 0.3) is 0 Å². The molecule has 7 rings (SSSR count). The van der Waals surface area contributed by atoms with Crippen molar-refractivity contribution < 1.29 is 9.94 Å². The topological polar surface area (TPSA) is 41.8 Å². The van der Waals surface area contributed by atoms with Gasteiger partial charge in [-0.2, -0.15) is 0 Å². The number of allylic oxidation sites excluding steroid dienone is 2. The molecule has 0 amide bonds. The smallest absolute Gasteiger partial charge is 0.0957 e. The van der Waals surface area contributed by atoms with Crippen LogP contribution in [0.4, 0.5) is 0 Å². The van der Waals surface area contributed by atoms with Crippen molar-refractivity contribution in [3.63, 3.8) is 0 Å². The number of fused-ring (bicyclic) bond motifs is 9. The Morgan fingerprint density at radius 2 is 2.07 bits per heavy atom.